The SMILES string of the molecule is NC(CO)CCN1C(=O)C=CC1=O. The number of hydrogen-bond donors (Lipinski definition) is 2. The van der Waals surface area contributed by atoms with Gasteiger partial charge in [0.15, 0.2) is 0 Å². The number of amides is 2. The van der Waals surface area contributed by atoms with Gasteiger partial charge in [-0.25, -0.2) is 0 Å². The predicted octanol–water partition coefficient (Wildman–Crippen LogP) is -1.38. The molecule has 0 saturated heterocycles. The lowest BCUT2D eigenvalue weighted by atomic mass is 10.2. The third kappa shape index (κ3) is 2.37. The van der Waals surface area contributed by atoms with E-state index < -0.39 is 0 Å². The zero-order valence-electron chi connectivity index (χ0n) is 7.14. The Morgan fingerprint density at radius 3 is 2.38 bits per heavy atom. The van der Waals surface area contributed by atoms with E-state index in [1.807, 2.05) is 0 Å². The number of carbonyl (C=O) groups excluding carboxylic acids is 2. The van der Waals surface area contributed by atoms with Crippen molar-refractivity contribution in [3.05, 3.63) is 12.2 Å². The van der Waals surface area contributed by atoms with E-state index in [9.17, 15) is 9.59 Å². The largest absolute Gasteiger partial charge is 0.395 e. The van der Waals surface area contributed by atoms with Crippen molar-refractivity contribution < 1.29 is 14.7 Å². The van der Waals surface area contributed by atoms with Crippen LogP contribution in [0.2, 0.25) is 0 Å². The second kappa shape index (κ2) is 4.15. The lowest BCUT2D eigenvalue weighted by molar-refractivity contribution is -0.136. The van der Waals surface area contributed by atoms with Crippen LogP contribution in [0.25, 0.3) is 0 Å². The molecule has 0 aromatic rings. The van der Waals surface area contributed by atoms with Crippen LogP contribution in [0.4, 0.5) is 0 Å². The normalized spacial score (nSPS) is 18.5. The zero-order valence-corrected chi connectivity index (χ0v) is 7.14. The van der Waals surface area contributed by atoms with Gasteiger partial charge in [-0.3, -0.25) is 14.5 Å². The minimum absolute atomic E-state index is 0.135. The van der Waals surface area contributed by atoms with Crippen molar-refractivity contribution >= 4 is 11.8 Å². The number of aliphatic hydroxyl groups is 1. The summed E-state index contributed by atoms with van der Waals surface area (Å²) in [4.78, 5) is 23.1. The first-order chi connectivity index (χ1) is 6.15. The minimum atomic E-state index is -0.374. The summed E-state index contributed by atoms with van der Waals surface area (Å²) in [5.41, 5.74) is 5.42. The Bertz CT molecular complexity index is 232. The minimum Gasteiger partial charge on any atom is -0.395 e. The first kappa shape index (κ1) is 9.88. The first-order valence-electron chi connectivity index (χ1n) is 4.05. The summed E-state index contributed by atoms with van der Waals surface area (Å²) in [6.07, 6.45) is 2.88. The van der Waals surface area contributed by atoms with Crippen LogP contribution in [-0.4, -0.2) is 41.0 Å². The molecule has 1 atom stereocenters. The van der Waals surface area contributed by atoms with Gasteiger partial charge < -0.3 is 10.8 Å². The maximum atomic E-state index is 11.0. The van der Waals surface area contributed by atoms with Crippen molar-refractivity contribution in [1.29, 1.82) is 0 Å². The molecule has 0 saturated carbocycles. The maximum Gasteiger partial charge on any atom is 0.253 e. The lowest BCUT2D eigenvalue weighted by Crippen LogP contribution is -2.35. The molecule has 2 amide bonds. The molecule has 0 spiro atoms. The third-order valence-corrected chi connectivity index (χ3v) is 1.86. The van der Waals surface area contributed by atoms with Crippen LogP contribution in [-0.2, 0) is 9.59 Å². The van der Waals surface area contributed by atoms with Crippen molar-refractivity contribution in [2.75, 3.05) is 13.2 Å². The van der Waals surface area contributed by atoms with Gasteiger partial charge in [0.1, 0.15) is 0 Å². The molecular weight excluding hydrogens is 172 g/mol. The average Bonchev–Trinajstić information content (AvgIpc) is 2.43. The van der Waals surface area contributed by atoms with Crippen molar-refractivity contribution in [2.24, 2.45) is 5.73 Å². The second-order valence-corrected chi connectivity index (χ2v) is 2.89. The zero-order chi connectivity index (χ0) is 9.84. The van der Waals surface area contributed by atoms with Gasteiger partial charge in [-0.05, 0) is 6.42 Å². The Kier molecular flexibility index (Phi) is 3.16. The van der Waals surface area contributed by atoms with Gasteiger partial charge in [0, 0.05) is 24.7 Å². The molecule has 0 aliphatic carbocycles. The van der Waals surface area contributed by atoms with Gasteiger partial charge in [0.2, 0.25) is 0 Å². The van der Waals surface area contributed by atoms with E-state index in [1.165, 1.54) is 12.2 Å². The van der Waals surface area contributed by atoms with Crippen molar-refractivity contribution in [3.8, 4) is 0 Å². The van der Waals surface area contributed by atoms with Gasteiger partial charge in [-0.1, -0.05) is 0 Å². The second-order valence-electron chi connectivity index (χ2n) is 2.89. The molecule has 0 aromatic carbocycles. The Hall–Kier alpha value is -1.20. The van der Waals surface area contributed by atoms with Gasteiger partial charge in [-0.15, -0.1) is 0 Å². The summed E-state index contributed by atoms with van der Waals surface area (Å²) < 4.78 is 0. The molecule has 1 heterocycles. The fourth-order valence-electron chi connectivity index (χ4n) is 1.04. The molecule has 5 heteroatoms. The van der Waals surface area contributed by atoms with Crippen molar-refractivity contribution in [1.82, 2.24) is 4.90 Å². The molecule has 1 rings (SSSR count). The standard InChI is InChI=1S/C8H12N2O3/c9-6(5-11)3-4-10-7(12)1-2-8(10)13/h1-2,6,11H,3-5,9H2. The molecule has 1 unspecified atom stereocenters. The summed E-state index contributed by atoms with van der Waals surface area (Å²) in [7, 11) is 0. The molecule has 13 heavy (non-hydrogen) atoms. The summed E-state index contributed by atoms with van der Waals surface area (Å²) >= 11 is 0. The van der Waals surface area contributed by atoms with Crippen LogP contribution in [0, 0.1) is 0 Å². The predicted molar refractivity (Wildman–Crippen MR) is 45.5 cm³/mol. The molecule has 0 fully saturated rings. The molecule has 1 aliphatic rings. The summed E-state index contributed by atoms with van der Waals surface area (Å²) in [5.74, 6) is -0.620. The topological polar surface area (TPSA) is 83.6 Å². The van der Waals surface area contributed by atoms with E-state index >= 15 is 0 Å². The van der Waals surface area contributed by atoms with E-state index in [1.54, 1.807) is 0 Å². The average molecular weight is 184 g/mol. The van der Waals surface area contributed by atoms with Crippen LogP contribution >= 0.6 is 0 Å². The quantitative estimate of drug-likeness (QED) is 0.527. The molecule has 0 aromatic heterocycles. The maximum absolute atomic E-state index is 11.0. The smallest absolute Gasteiger partial charge is 0.253 e. The van der Waals surface area contributed by atoms with Crippen LogP contribution < -0.4 is 5.73 Å². The molecular formula is C8H12N2O3. The monoisotopic (exact) mass is 184 g/mol. The first-order valence-corrected chi connectivity index (χ1v) is 4.05. The van der Waals surface area contributed by atoms with Crippen LogP contribution in [0.1, 0.15) is 6.42 Å². The van der Waals surface area contributed by atoms with E-state index in [0.29, 0.717) is 6.42 Å². The van der Waals surface area contributed by atoms with Gasteiger partial charge in [0.25, 0.3) is 11.8 Å². The van der Waals surface area contributed by atoms with Crippen molar-refractivity contribution in [3.63, 3.8) is 0 Å². The van der Waals surface area contributed by atoms with E-state index in [2.05, 4.69) is 0 Å². The van der Waals surface area contributed by atoms with Gasteiger partial charge >= 0.3 is 0 Å². The Labute approximate surface area is 75.8 Å². The Balaban J connectivity index is 2.38. The van der Waals surface area contributed by atoms with E-state index in [-0.39, 0.29) is 31.0 Å². The number of imide groups is 1. The Morgan fingerprint density at radius 2 is 1.92 bits per heavy atom. The Morgan fingerprint density at radius 1 is 1.38 bits per heavy atom. The molecule has 1 aliphatic heterocycles. The highest BCUT2D eigenvalue weighted by atomic mass is 16.3. The van der Waals surface area contributed by atoms with Crippen molar-refractivity contribution in [2.45, 2.75) is 12.5 Å². The number of aliphatic hydroxyl groups excluding tert-OH is 1. The van der Waals surface area contributed by atoms with Crippen LogP contribution in [0.3, 0.4) is 0 Å². The fourth-order valence-corrected chi connectivity index (χ4v) is 1.04. The number of nitrogens with two attached hydrogens (primary N) is 1. The molecule has 0 bridgehead atoms. The number of carbonyl (C=O) groups is 2. The number of rotatable bonds is 4. The summed E-state index contributed by atoms with van der Waals surface area (Å²) in [5, 5.41) is 8.61. The number of hydrogen-bond acceptors (Lipinski definition) is 4. The van der Waals surface area contributed by atoms with Gasteiger partial charge in [0.05, 0.1) is 6.61 Å². The highest BCUT2D eigenvalue weighted by Gasteiger charge is 2.22. The summed E-state index contributed by atoms with van der Waals surface area (Å²) in [6.45, 7) is 0.135. The third-order valence-electron chi connectivity index (χ3n) is 1.86. The molecule has 3 N–H and O–H groups in total. The van der Waals surface area contributed by atoms with Gasteiger partial charge in [-0.2, -0.15) is 0 Å². The highest BCUT2D eigenvalue weighted by molar-refractivity contribution is 6.12. The van der Waals surface area contributed by atoms with Crippen LogP contribution in [0.5, 0.6) is 0 Å². The van der Waals surface area contributed by atoms with E-state index in [0.717, 1.165) is 4.90 Å². The summed E-state index contributed by atoms with van der Waals surface area (Å²) in [6, 6.07) is -0.374. The lowest BCUT2D eigenvalue weighted by Gasteiger charge is -2.15. The molecule has 0 radical (unpaired) electrons. The van der Waals surface area contributed by atoms with E-state index in [4.69, 9.17) is 10.8 Å². The molecule has 5 nitrogen and oxygen atoms in total. The molecule has 72 valence electrons. The van der Waals surface area contributed by atoms with Crippen LogP contribution in [0.15, 0.2) is 12.2 Å². The number of nitrogens with zero attached hydrogens (tertiary/aromatic N) is 1. The highest BCUT2D eigenvalue weighted by Crippen LogP contribution is 2.04. The fraction of sp³-hybridized carbons (Fsp3) is 0.500.